The van der Waals surface area contributed by atoms with E-state index in [1.54, 1.807) is 11.0 Å². The molecule has 3 aromatic rings. The third-order valence-electron chi connectivity index (χ3n) is 6.34. The number of rotatable bonds is 8. The molecular formula is C27H26FN3O6S. The number of hydrogen-bond acceptors (Lipinski definition) is 6. The minimum Gasteiger partial charge on any atom is -0.487 e. The molecule has 198 valence electrons. The van der Waals surface area contributed by atoms with Crippen LogP contribution in [-0.2, 0) is 39.4 Å². The van der Waals surface area contributed by atoms with E-state index in [0.29, 0.717) is 29.4 Å². The monoisotopic (exact) mass is 539 g/mol. The van der Waals surface area contributed by atoms with Crippen LogP contribution in [0, 0.1) is 11.7 Å². The van der Waals surface area contributed by atoms with E-state index in [1.807, 2.05) is 65.4 Å². The second-order valence-corrected chi connectivity index (χ2v) is 10.8. The van der Waals surface area contributed by atoms with Crippen LogP contribution in [0.2, 0.25) is 0 Å². The molecule has 2 fully saturated rings. The smallest absolute Gasteiger partial charge is 0.410 e. The molecule has 5 rings (SSSR count). The van der Waals surface area contributed by atoms with Crippen molar-refractivity contribution in [3.8, 4) is 5.75 Å². The summed E-state index contributed by atoms with van der Waals surface area (Å²) >= 11 is 0. The molecule has 2 aliphatic rings. The maximum absolute atomic E-state index is 15.4. The van der Waals surface area contributed by atoms with Crippen LogP contribution in [0.1, 0.15) is 16.7 Å². The number of amides is 2. The van der Waals surface area contributed by atoms with Crippen LogP contribution in [0.4, 0.5) is 14.9 Å². The molecule has 0 aliphatic carbocycles. The third kappa shape index (κ3) is 5.72. The Morgan fingerprint density at radius 2 is 1.58 bits per heavy atom. The van der Waals surface area contributed by atoms with Gasteiger partial charge in [0.05, 0.1) is 0 Å². The molecule has 9 nitrogen and oxygen atoms in total. The fraction of sp³-hybridized carbons (Fsp3) is 0.259. The van der Waals surface area contributed by atoms with Gasteiger partial charge in [0.1, 0.15) is 31.2 Å². The average Bonchev–Trinajstić information content (AvgIpc) is 3.15. The zero-order valence-corrected chi connectivity index (χ0v) is 21.2. The molecule has 0 bridgehead atoms. The summed E-state index contributed by atoms with van der Waals surface area (Å²) in [7, 11) is -4.23. The van der Waals surface area contributed by atoms with Crippen LogP contribution in [0.15, 0.2) is 72.8 Å². The van der Waals surface area contributed by atoms with E-state index >= 15 is 4.39 Å². The highest BCUT2D eigenvalue weighted by Gasteiger charge is 2.38. The normalized spacial score (nSPS) is 16.6. The highest BCUT2D eigenvalue weighted by Crippen LogP contribution is 2.37. The van der Waals surface area contributed by atoms with Gasteiger partial charge >= 0.3 is 16.3 Å². The Morgan fingerprint density at radius 1 is 0.947 bits per heavy atom. The number of carbonyl (C=O) groups is 2. The Labute approximate surface area is 219 Å². The molecule has 0 saturated carbocycles. The van der Waals surface area contributed by atoms with Crippen molar-refractivity contribution < 1.29 is 31.9 Å². The topological polar surface area (TPSA) is 105 Å². The number of nitrogens with one attached hydrogen (secondary N) is 1. The van der Waals surface area contributed by atoms with Gasteiger partial charge in [-0.2, -0.15) is 8.42 Å². The molecule has 0 spiro atoms. The van der Waals surface area contributed by atoms with Gasteiger partial charge in [-0.25, -0.2) is 18.2 Å². The van der Waals surface area contributed by atoms with Crippen molar-refractivity contribution in [3.63, 3.8) is 0 Å². The summed E-state index contributed by atoms with van der Waals surface area (Å²) < 4.78 is 54.0. The largest absolute Gasteiger partial charge is 0.487 e. The molecule has 11 heteroatoms. The van der Waals surface area contributed by atoms with Gasteiger partial charge in [0.2, 0.25) is 0 Å². The summed E-state index contributed by atoms with van der Waals surface area (Å²) in [6.45, 7) is 0.637. The van der Waals surface area contributed by atoms with Crippen LogP contribution in [0.3, 0.4) is 0 Å². The number of carbonyl (C=O) groups excluding carboxylic acids is 2. The van der Waals surface area contributed by atoms with E-state index < -0.39 is 34.6 Å². The molecule has 2 amide bonds. The molecular weight excluding hydrogens is 513 g/mol. The predicted octanol–water partition coefficient (Wildman–Crippen LogP) is 3.40. The molecule has 0 radical (unpaired) electrons. The Morgan fingerprint density at radius 3 is 2.18 bits per heavy atom. The van der Waals surface area contributed by atoms with E-state index in [4.69, 9.17) is 9.47 Å². The van der Waals surface area contributed by atoms with Gasteiger partial charge in [0, 0.05) is 13.1 Å². The van der Waals surface area contributed by atoms with Gasteiger partial charge < -0.3 is 14.4 Å². The molecule has 2 heterocycles. The maximum atomic E-state index is 15.4. The van der Waals surface area contributed by atoms with Gasteiger partial charge in [-0.1, -0.05) is 60.7 Å². The zero-order valence-electron chi connectivity index (χ0n) is 20.4. The van der Waals surface area contributed by atoms with E-state index in [0.717, 1.165) is 11.1 Å². The van der Waals surface area contributed by atoms with E-state index in [9.17, 15) is 18.0 Å². The number of nitrogens with zero attached hydrogens (tertiary/aromatic N) is 2. The van der Waals surface area contributed by atoms with Crippen molar-refractivity contribution in [2.75, 3.05) is 23.9 Å². The SMILES string of the molecule is O=C1CN(c2c(F)cc(CC3CN(C(=O)OCc4ccccc4)C3)cc2OCc2ccccc2)S(=O)(=O)N1. The van der Waals surface area contributed by atoms with Crippen LogP contribution in [0.25, 0.3) is 0 Å². The molecule has 2 saturated heterocycles. The van der Waals surface area contributed by atoms with Crippen molar-refractivity contribution >= 4 is 27.9 Å². The standard InChI is InChI=1S/C27H26FN3O6S/c28-23-12-21(11-22-14-30(15-22)27(33)37-18-20-9-5-2-6-10-20)13-24(36-17-19-7-3-1-4-8-19)26(23)31-16-25(32)29-38(31,34)35/h1-10,12-13,22H,11,14-18H2,(H,29,32). The fourth-order valence-corrected chi connectivity index (χ4v) is 5.64. The summed E-state index contributed by atoms with van der Waals surface area (Å²) in [5.41, 5.74) is 1.98. The van der Waals surface area contributed by atoms with E-state index in [1.165, 1.54) is 6.07 Å². The summed E-state index contributed by atoms with van der Waals surface area (Å²) in [6.07, 6.45) is 0.0422. The summed E-state index contributed by atoms with van der Waals surface area (Å²) in [6, 6.07) is 21.4. The first-order valence-electron chi connectivity index (χ1n) is 12.1. The van der Waals surface area contributed by atoms with E-state index in [2.05, 4.69) is 0 Å². The van der Waals surface area contributed by atoms with Crippen molar-refractivity contribution in [3.05, 3.63) is 95.3 Å². The van der Waals surface area contributed by atoms with Gasteiger partial charge in [0.25, 0.3) is 5.91 Å². The summed E-state index contributed by atoms with van der Waals surface area (Å²) in [5.74, 6) is -1.48. The van der Waals surface area contributed by atoms with E-state index in [-0.39, 0.29) is 30.6 Å². The van der Waals surface area contributed by atoms with Gasteiger partial charge in [-0.3, -0.25) is 4.79 Å². The van der Waals surface area contributed by atoms with Crippen molar-refractivity contribution in [2.24, 2.45) is 5.92 Å². The first-order valence-corrected chi connectivity index (χ1v) is 13.5. The Balaban J connectivity index is 1.28. The average molecular weight is 540 g/mol. The molecule has 0 atom stereocenters. The van der Waals surface area contributed by atoms with Gasteiger partial charge in [-0.15, -0.1) is 0 Å². The van der Waals surface area contributed by atoms with Gasteiger partial charge in [-0.05, 0) is 41.2 Å². The lowest BCUT2D eigenvalue weighted by Crippen LogP contribution is -2.50. The van der Waals surface area contributed by atoms with Crippen LogP contribution < -0.4 is 13.8 Å². The Kier molecular flexibility index (Phi) is 7.19. The van der Waals surface area contributed by atoms with Crippen molar-refractivity contribution in [2.45, 2.75) is 19.6 Å². The minimum atomic E-state index is -4.23. The Hall–Kier alpha value is -4.12. The second kappa shape index (κ2) is 10.7. The van der Waals surface area contributed by atoms with Crippen molar-refractivity contribution in [1.82, 2.24) is 9.62 Å². The van der Waals surface area contributed by atoms with Crippen LogP contribution >= 0.6 is 0 Å². The molecule has 38 heavy (non-hydrogen) atoms. The lowest BCUT2D eigenvalue weighted by Gasteiger charge is -2.38. The lowest BCUT2D eigenvalue weighted by molar-refractivity contribution is -0.117. The molecule has 2 aliphatic heterocycles. The quantitative estimate of drug-likeness (QED) is 0.471. The summed E-state index contributed by atoms with van der Waals surface area (Å²) in [4.78, 5) is 25.7. The number of benzene rings is 3. The van der Waals surface area contributed by atoms with Crippen LogP contribution in [-0.4, -0.2) is 45.0 Å². The maximum Gasteiger partial charge on any atom is 0.410 e. The molecule has 3 aromatic carbocycles. The zero-order chi connectivity index (χ0) is 26.7. The predicted molar refractivity (Wildman–Crippen MR) is 137 cm³/mol. The molecule has 1 N–H and O–H groups in total. The number of ether oxygens (including phenoxy) is 2. The number of anilines is 1. The second-order valence-electron chi connectivity index (χ2n) is 9.25. The Bertz CT molecular complexity index is 1430. The lowest BCUT2D eigenvalue weighted by atomic mass is 9.92. The summed E-state index contributed by atoms with van der Waals surface area (Å²) in [5, 5.41) is 0. The van der Waals surface area contributed by atoms with Crippen molar-refractivity contribution in [1.29, 1.82) is 0 Å². The third-order valence-corrected chi connectivity index (χ3v) is 7.72. The number of hydrogen-bond donors (Lipinski definition) is 1. The highest BCUT2D eigenvalue weighted by molar-refractivity contribution is 7.92. The first-order chi connectivity index (χ1) is 18.3. The molecule has 0 aromatic heterocycles. The van der Waals surface area contributed by atoms with Crippen LogP contribution in [0.5, 0.6) is 5.75 Å². The molecule has 0 unspecified atom stereocenters. The first kappa shape index (κ1) is 25.5. The minimum absolute atomic E-state index is 0.0161. The number of likely N-dealkylation sites (tertiary alicyclic amines) is 1. The highest BCUT2D eigenvalue weighted by atomic mass is 32.2. The number of halogens is 1. The van der Waals surface area contributed by atoms with Gasteiger partial charge in [0.15, 0.2) is 5.82 Å². The fourth-order valence-electron chi connectivity index (χ4n) is 4.47.